The lowest BCUT2D eigenvalue weighted by Gasteiger charge is -2.08. The van der Waals surface area contributed by atoms with Gasteiger partial charge in [-0.3, -0.25) is 14.8 Å². The van der Waals surface area contributed by atoms with Gasteiger partial charge < -0.3 is 0 Å². The molecule has 0 saturated carbocycles. The fourth-order valence-electron chi connectivity index (χ4n) is 2.00. The molecule has 19 heavy (non-hydrogen) atoms. The maximum Gasteiger partial charge on any atom is 0.269 e. The first-order valence-corrected chi connectivity index (χ1v) is 6.07. The fourth-order valence-corrected chi connectivity index (χ4v) is 2.00. The highest BCUT2D eigenvalue weighted by Crippen LogP contribution is 2.17. The van der Waals surface area contributed by atoms with Crippen LogP contribution in [0.4, 0.5) is 5.95 Å². The zero-order valence-electron chi connectivity index (χ0n) is 11.4. The van der Waals surface area contributed by atoms with Crippen molar-refractivity contribution in [2.24, 2.45) is 0 Å². The number of hydrogen-bond acceptors (Lipinski definition) is 5. The Balaban J connectivity index is 2.13. The minimum atomic E-state index is -0.184. The lowest BCUT2D eigenvalue weighted by molar-refractivity contribution is -0.115. The zero-order valence-corrected chi connectivity index (χ0v) is 11.4. The summed E-state index contributed by atoms with van der Waals surface area (Å²) in [6.07, 6.45) is 0.249. The molecule has 0 radical (unpaired) electrons. The Bertz CT molecular complexity index is 570. The Hall–Kier alpha value is -2.25. The molecular formula is C11H17N7O. The van der Waals surface area contributed by atoms with Crippen LogP contribution in [-0.2, 0) is 11.2 Å². The van der Waals surface area contributed by atoms with E-state index in [0.29, 0.717) is 0 Å². The quantitative estimate of drug-likeness (QED) is 0.848. The summed E-state index contributed by atoms with van der Waals surface area (Å²) in [5, 5.41) is 20.0. The van der Waals surface area contributed by atoms with Crippen molar-refractivity contribution >= 4 is 11.9 Å². The predicted octanol–water partition coefficient (Wildman–Crippen LogP) is 0.775. The highest BCUT2D eigenvalue weighted by molar-refractivity contribution is 5.90. The van der Waals surface area contributed by atoms with Crippen molar-refractivity contribution < 1.29 is 4.79 Å². The maximum atomic E-state index is 11.9. The summed E-state index contributed by atoms with van der Waals surface area (Å²) in [7, 11) is 0. The minimum Gasteiger partial charge on any atom is -0.292 e. The summed E-state index contributed by atoms with van der Waals surface area (Å²) in [6, 6.07) is 0.271. The average molecular weight is 263 g/mol. The smallest absolute Gasteiger partial charge is 0.269 e. The van der Waals surface area contributed by atoms with Crippen molar-refractivity contribution in [3.8, 4) is 0 Å². The Morgan fingerprint density at radius 1 is 1.42 bits per heavy atom. The molecule has 0 atom stereocenters. The molecule has 2 rings (SSSR count). The van der Waals surface area contributed by atoms with E-state index in [4.69, 9.17) is 0 Å². The van der Waals surface area contributed by atoms with E-state index in [1.54, 1.807) is 0 Å². The molecule has 0 unspecified atom stereocenters. The van der Waals surface area contributed by atoms with Gasteiger partial charge in [-0.05, 0) is 32.9 Å². The number of rotatable bonds is 4. The number of nitrogens with zero attached hydrogens (tertiary/aromatic N) is 5. The monoisotopic (exact) mass is 263 g/mol. The molecule has 102 valence electrons. The van der Waals surface area contributed by atoms with Crippen molar-refractivity contribution in [3.63, 3.8) is 0 Å². The number of H-pyrrole nitrogens is 1. The van der Waals surface area contributed by atoms with Crippen molar-refractivity contribution in [2.45, 2.75) is 40.2 Å². The number of carbonyl (C=O) groups is 1. The molecular weight excluding hydrogens is 246 g/mol. The van der Waals surface area contributed by atoms with Crippen molar-refractivity contribution in [1.29, 1.82) is 0 Å². The van der Waals surface area contributed by atoms with Gasteiger partial charge in [0.2, 0.25) is 5.91 Å². The highest BCUT2D eigenvalue weighted by Gasteiger charge is 2.17. The Kier molecular flexibility index (Phi) is 3.59. The summed E-state index contributed by atoms with van der Waals surface area (Å²) in [5.74, 6) is -0.00698. The second kappa shape index (κ2) is 5.17. The first-order chi connectivity index (χ1) is 8.99. The van der Waals surface area contributed by atoms with Crippen LogP contribution in [0.15, 0.2) is 0 Å². The Labute approximate surface area is 110 Å². The number of aromatic amines is 1. The second-order valence-electron chi connectivity index (χ2n) is 4.65. The molecule has 0 aliphatic rings. The lowest BCUT2D eigenvalue weighted by Crippen LogP contribution is -2.16. The number of amides is 1. The Morgan fingerprint density at radius 2 is 2.16 bits per heavy atom. The van der Waals surface area contributed by atoms with E-state index in [-0.39, 0.29) is 24.3 Å². The van der Waals surface area contributed by atoms with Crippen LogP contribution in [-0.4, -0.2) is 36.3 Å². The zero-order chi connectivity index (χ0) is 14.0. The molecule has 8 heteroatoms. The Morgan fingerprint density at radius 3 is 2.68 bits per heavy atom. The topological polar surface area (TPSA) is 101 Å². The molecule has 0 fully saturated rings. The maximum absolute atomic E-state index is 11.9. The van der Waals surface area contributed by atoms with E-state index in [9.17, 15) is 4.79 Å². The molecule has 0 spiro atoms. The number of carbonyl (C=O) groups excluding carboxylic acids is 1. The van der Waals surface area contributed by atoms with E-state index < -0.39 is 0 Å². The van der Waals surface area contributed by atoms with Crippen LogP contribution >= 0.6 is 0 Å². The molecule has 2 heterocycles. The van der Waals surface area contributed by atoms with Crippen LogP contribution in [0.5, 0.6) is 0 Å². The molecule has 0 aliphatic carbocycles. The van der Waals surface area contributed by atoms with Gasteiger partial charge in [0, 0.05) is 17.3 Å². The standard InChI is InChI=1S/C11H17N7O/c1-6(2)18-8(4)9(7(3)15-18)5-10(19)12-11-13-16-17-14-11/h6H,5H2,1-4H3,(H2,12,13,14,16,17,19). The van der Waals surface area contributed by atoms with Crippen LogP contribution in [0.1, 0.15) is 36.8 Å². The summed E-state index contributed by atoms with van der Waals surface area (Å²) in [6.45, 7) is 7.99. The molecule has 0 aromatic carbocycles. The van der Waals surface area contributed by atoms with Gasteiger partial charge in [-0.2, -0.15) is 10.3 Å². The SMILES string of the molecule is Cc1nn(C(C)C)c(C)c1CC(=O)Nc1nn[nH]n1. The van der Waals surface area contributed by atoms with Gasteiger partial charge in [0.05, 0.1) is 12.1 Å². The molecule has 2 N–H and O–H groups in total. The molecule has 8 nitrogen and oxygen atoms in total. The molecule has 0 aliphatic heterocycles. The molecule has 0 bridgehead atoms. The van der Waals surface area contributed by atoms with E-state index in [1.165, 1.54) is 0 Å². The summed E-state index contributed by atoms with van der Waals surface area (Å²) >= 11 is 0. The van der Waals surface area contributed by atoms with Gasteiger partial charge >= 0.3 is 0 Å². The summed E-state index contributed by atoms with van der Waals surface area (Å²) < 4.78 is 1.92. The van der Waals surface area contributed by atoms with E-state index in [2.05, 4.69) is 44.9 Å². The number of aromatic nitrogens is 6. The van der Waals surface area contributed by atoms with Gasteiger partial charge in [-0.15, -0.1) is 5.10 Å². The van der Waals surface area contributed by atoms with Crippen LogP contribution < -0.4 is 5.32 Å². The van der Waals surface area contributed by atoms with Gasteiger partial charge in [0.1, 0.15) is 0 Å². The van der Waals surface area contributed by atoms with E-state index in [0.717, 1.165) is 17.0 Å². The van der Waals surface area contributed by atoms with Gasteiger partial charge in [0.15, 0.2) is 0 Å². The van der Waals surface area contributed by atoms with E-state index >= 15 is 0 Å². The normalized spacial score (nSPS) is 11.0. The summed E-state index contributed by atoms with van der Waals surface area (Å²) in [5.41, 5.74) is 2.82. The third kappa shape index (κ3) is 2.78. The largest absolute Gasteiger partial charge is 0.292 e. The first kappa shape index (κ1) is 13.2. The van der Waals surface area contributed by atoms with Crippen molar-refractivity contribution in [3.05, 3.63) is 17.0 Å². The third-order valence-corrected chi connectivity index (χ3v) is 2.90. The number of tetrazole rings is 1. The van der Waals surface area contributed by atoms with E-state index in [1.807, 2.05) is 18.5 Å². The number of nitrogens with one attached hydrogen (secondary N) is 2. The van der Waals surface area contributed by atoms with Crippen LogP contribution in [0.25, 0.3) is 0 Å². The number of aryl methyl sites for hydroxylation is 1. The van der Waals surface area contributed by atoms with Gasteiger partial charge in [-0.1, -0.05) is 5.10 Å². The first-order valence-electron chi connectivity index (χ1n) is 6.07. The van der Waals surface area contributed by atoms with Crippen LogP contribution in [0.2, 0.25) is 0 Å². The van der Waals surface area contributed by atoms with Gasteiger partial charge in [-0.25, -0.2) is 0 Å². The average Bonchev–Trinajstić information content (AvgIpc) is 2.92. The number of hydrogen-bond donors (Lipinski definition) is 2. The van der Waals surface area contributed by atoms with Crippen molar-refractivity contribution in [1.82, 2.24) is 30.4 Å². The van der Waals surface area contributed by atoms with Crippen molar-refractivity contribution in [2.75, 3.05) is 5.32 Å². The number of anilines is 1. The molecule has 0 saturated heterocycles. The summed E-state index contributed by atoms with van der Waals surface area (Å²) in [4.78, 5) is 11.9. The predicted molar refractivity (Wildman–Crippen MR) is 68.6 cm³/mol. The third-order valence-electron chi connectivity index (χ3n) is 2.90. The fraction of sp³-hybridized carbons (Fsp3) is 0.545. The minimum absolute atomic E-state index is 0.177. The van der Waals surface area contributed by atoms with Gasteiger partial charge in [0.25, 0.3) is 5.95 Å². The lowest BCUT2D eigenvalue weighted by atomic mass is 10.1. The highest BCUT2D eigenvalue weighted by atomic mass is 16.1. The molecule has 2 aromatic rings. The second-order valence-corrected chi connectivity index (χ2v) is 4.65. The van der Waals surface area contributed by atoms with Crippen LogP contribution in [0.3, 0.4) is 0 Å². The molecule has 1 amide bonds. The van der Waals surface area contributed by atoms with Crippen LogP contribution in [0, 0.1) is 13.8 Å². The molecule has 2 aromatic heterocycles.